The van der Waals surface area contributed by atoms with Crippen molar-refractivity contribution in [1.29, 1.82) is 0 Å². The molecule has 0 aromatic heterocycles. The van der Waals surface area contributed by atoms with Gasteiger partial charge in [0.15, 0.2) is 0 Å². The summed E-state index contributed by atoms with van der Waals surface area (Å²) in [5.74, 6) is 0.683. The van der Waals surface area contributed by atoms with E-state index in [1.165, 1.54) is 0 Å². The van der Waals surface area contributed by atoms with E-state index in [0.29, 0.717) is 23.3 Å². The molecule has 2 rings (SSSR count). The molecule has 1 aliphatic carbocycles. The Labute approximate surface area is 143 Å². The summed E-state index contributed by atoms with van der Waals surface area (Å²) in [6.45, 7) is 1.88. The van der Waals surface area contributed by atoms with Crippen LogP contribution in [0.4, 0.5) is 0 Å². The molecule has 0 spiro atoms. The third kappa shape index (κ3) is 2.82. The first-order valence-corrected chi connectivity index (χ1v) is 8.18. The van der Waals surface area contributed by atoms with Gasteiger partial charge in [-0.1, -0.05) is 12.2 Å². The molecule has 3 nitrogen and oxygen atoms in total. The Hall–Kier alpha value is -0.900. The van der Waals surface area contributed by atoms with E-state index in [9.17, 15) is 9.90 Å². The van der Waals surface area contributed by atoms with Crippen LogP contribution in [0.25, 0.3) is 0 Å². The van der Waals surface area contributed by atoms with Crippen molar-refractivity contribution in [2.45, 2.75) is 22.6 Å². The van der Waals surface area contributed by atoms with Crippen molar-refractivity contribution in [1.82, 2.24) is 0 Å². The number of aldehydes is 1. The van der Waals surface area contributed by atoms with Crippen molar-refractivity contribution in [2.24, 2.45) is 0 Å². The number of aliphatic hydroxyl groups excluding tert-OH is 1. The molecule has 0 amide bonds. The second-order valence-electron chi connectivity index (χ2n) is 5.36. The maximum Gasteiger partial charge on any atom is 0.150 e. The fraction of sp³-hybridized carbons (Fsp3) is 0.312. The zero-order valence-corrected chi connectivity index (χ0v) is 15.4. The minimum absolute atomic E-state index is 0.539. The van der Waals surface area contributed by atoms with Crippen molar-refractivity contribution in [3.63, 3.8) is 0 Å². The van der Waals surface area contributed by atoms with E-state index in [1.807, 2.05) is 25.1 Å². The van der Waals surface area contributed by atoms with E-state index in [0.717, 1.165) is 23.7 Å². The van der Waals surface area contributed by atoms with Crippen molar-refractivity contribution in [3.05, 3.63) is 52.8 Å². The van der Waals surface area contributed by atoms with E-state index in [-0.39, 0.29) is 0 Å². The van der Waals surface area contributed by atoms with Gasteiger partial charge in [0.2, 0.25) is 0 Å². The first kappa shape index (κ1) is 17.5. The standard InChI is InChI=1S/C16H19O3PS2/c1-10-6-11(8-17)12(7-13(10)19-2)15(20)4-3-5-16(21,22)14(15)9-18/h3-4,6-9,18,21-22H,5,20H2,1-2H3/b14-9-. The smallest absolute Gasteiger partial charge is 0.150 e. The van der Waals surface area contributed by atoms with Crippen molar-refractivity contribution in [2.75, 3.05) is 7.11 Å². The lowest BCUT2D eigenvalue weighted by Crippen LogP contribution is -2.34. The van der Waals surface area contributed by atoms with E-state index < -0.39 is 9.24 Å². The maximum absolute atomic E-state index is 11.5. The molecule has 0 radical (unpaired) electrons. The van der Waals surface area contributed by atoms with Crippen LogP contribution in [0.5, 0.6) is 5.75 Å². The number of ether oxygens (including phenoxy) is 1. The second kappa shape index (κ2) is 6.31. The normalized spacial score (nSPS) is 25.2. The summed E-state index contributed by atoms with van der Waals surface area (Å²) in [7, 11) is 4.29. The van der Waals surface area contributed by atoms with Gasteiger partial charge >= 0.3 is 0 Å². The number of rotatable bonds is 3. The van der Waals surface area contributed by atoms with Gasteiger partial charge in [0.05, 0.1) is 22.6 Å². The highest BCUT2D eigenvalue weighted by Crippen LogP contribution is 2.54. The maximum atomic E-state index is 11.5. The number of hydrogen-bond donors (Lipinski definition) is 3. The van der Waals surface area contributed by atoms with Crippen LogP contribution in [0, 0.1) is 6.92 Å². The van der Waals surface area contributed by atoms with Gasteiger partial charge in [-0.25, -0.2) is 0 Å². The molecule has 1 aliphatic rings. The number of carbonyl (C=O) groups is 1. The minimum Gasteiger partial charge on any atom is -0.515 e. The molecule has 6 heteroatoms. The number of aryl methyl sites for hydroxylation is 1. The lowest BCUT2D eigenvalue weighted by Gasteiger charge is -2.41. The van der Waals surface area contributed by atoms with Gasteiger partial charge in [-0.3, -0.25) is 4.79 Å². The third-order valence-electron chi connectivity index (χ3n) is 3.93. The highest BCUT2D eigenvalue weighted by atomic mass is 32.2. The number of methoxy groups -OCH3 is 1. The molecular weight excluding hydrogens is 335 g/mol. The average Bonchev–Trinajstić information content (AvgIpc) is 2.46. The first-order valence-electron chi connectivity index (χ1n) is 6.71. The van der Waals surface area contributed by atoms with E-state index in [4.69, 9.17) is 4.74 Å². The second-order valence-corrected chi connectivity index (χ2v) is 8.15. The molecule has 0 saturated heterocycles. The highest BCUT2D eigenvalue weighted by Gasteiger charge is 2.43. The molecule has 0 aliphatic heterocycles. The Balaban J connectivity index is 2.75. The summed E-state index contributed by atoms with van der Waals surface area (Å²) in [4.78, 5) is 11.5. The topological polar surface area (TPSA) is 46.5 Å². The minimum atomic E-state index is -0.802. The number of aliphatic hydroxyl groups is 1. The van der Waals surface area contributed by atoms with Crippen LogP contribution in [0.1, 0.15) is 27.9 Å². The molecule has 0 saturated carbocycles. The Kier molecular flexibility index (Phi) is 5.00. The van der Waals surface area contributed by atoms with E-state index in [1.54, 1.807) is 13.2 Å². The van der Waals surface area contributed by atoms with Gasteiger partial charge in [0.1, 0.15) is 12.0 Å². The molecule has 22 heavy (non-hydrogen) atoms. The number of thiol groups is 2. The third-order valence-corrected chi connectivity index (χ3v) is 5.59. The van der Waals surface area contributed by atoms with Crippen LogP contribution in [0.3, 0.4) is 0 Å². The predicted octanol–water partition coefficient (Wildman–Crippen LogP) is 3.84. The van der Waals surface area contributed by atoms with Crippen molar-refractivity contribution < 1.29 is 14.6 Å². The molecule has 0 heterocycles. The van der Waals surface area contributed by atoms with Crippen molar-refractivity contribution in [3.8, 4) is 5.75 Å². The highest BCUT2D eigenvalue weighted by molar-refractivity contribution is 8.01. The summed E-state index contributed by atoms with van der Waals surface area (Å²) in [5, 5.41) is 8.97. The molecule has 1 aromatic carbocycles. The van der Waals surface area contributed by atoms with Gasteiger partial charge in [0, 0.05) is 11.1 Å². The van der Waals surface area contributed by atoms with Crippen molar-refractivity contribution >= 4 is 40.8 Å². The van der Waals surface area contributed by atoms with Gasteiger partial charge in [-0.15, -0.1) is 9.24 Å². The lowest BCUT2D eigenvalue weighted by atomic mass is 9.80. The summed E-state index contributed by atoms with van der Waals surface area (Å²) in [5.41, 5.74) is 2.72. The van der Waals surface area contributed by atoms with Crippen LogP contribution in [0.2, 0.25) is 0 Å². The molecule has 1 aromatic rings. The van der Waals surface area contributed by atoms with Gasteiger partial charge in [0.25, 0.3) is 0 Å². The molecule has 0 bridgehead atoms. The molecular formula is C16H19O3PS2. The summed E-state index contributed by atoms with van der Waals surface area (Å²) in [6.07, 6.45) is 6.28. The molecule has 118 valence electrons. The molecule has 2 atom stereocenters. The quantitative estimate of drug-likeness (QED) is 0.193. The lowest BCUT2D eigenvalue weighted by molar-refractivity contribution is 0.112. The van der Waals surface area contributed by atoms with Gasteiger partial charge in [-0.2, -0.15) is 25.3 Å². The zero-order chi connectivity index (χ0) is 16.5. The monoisotopic (exact) mass is 354 g/mol. The van der Waals surface area contributed by atoms with Crippen LogP contribution in [0.15, 0.2) is 36.1 Å². The Bertz CT molecular complexity index is 668. The Morgan fingerprint density at radius 2 is 2.09 bits per heavy atom. The average molecular weight is 354 g/mol. The van der Waals surface area contributed by atoms with Gasteiger partial charge < -0.3 is 9.84 Å². The van der Waals surface area contributed by atoms with E-state index >= 15 is 0 Å². The fourth-order valence-electron chi connectivity index (χ4n) is 2.77. The SMILES string of the molecule is COc1cc(C2(P)C=CCC(S)(S)/C2=C\O)c(C=O)cc1C. The molecule has 2 unspecified atom stereocenters. The van der Waals surface area contributed by atoms with Crippen LogP contribution < -0.4 is 4.74 Å². The summed E-state index contributed by atoms with van der Waals surface area (Å²) < 4.78 is 4.57. The molecule has 0 fully saturated rings. The fourth-order valence-corrected chi connectivity index (χ4v) is 4.42. The van der Waals surface area contributed by atoms with Crippen LogP contribution in [-0.4, -0.2) is 22.6 Å². The van der Waals surface area contributed by atoms with Crippen LogP contribution in [-0.2, 0) is 5.16 Å². The number of carbonyl (C=O) groups excluding carboxylic acids is 1. The molecule has 1 N–H and O–H groups in total. The van der Waals surface area contributed by atoms with E-state index in [2.05, 4.69) is 34.5 Å². The largest absolute Gasteiger partial charge is 0.515 e. The summed E-state index contributed by atoms with van der Waals surface area (Å²) in [6, 6.07) is 3.60. The predicted molar refractivity (Wildman–Crippen MR) is 99.7 cm³/mol. The van der Waals surface area contributed by atoms with Crippen LogP contribution >= 0.6 is 34.5 Å². The zero-order valence-electron chi connectivity index (χ0n) is 12.4. The number of benzene rings is 1. The Morgan fingerprint density at radius 3 is 2.64 bits per heavy atom. The summed E-state index contributed by atoms with van der Waals surface area (Å²) >= 11 is 9.08. The number of allylic oxidation sites excluding steroid dienone is 2. The number of hydrogen-bond acceptors (Lipinski definition) is 5. The first-order chi connectivity index (χ1) is 10.3. The van der Waals surface area contributed by atoms with Gasteiger partial charge in [-0.05, 0) is 36.6 Å². The Morgan fingerprint density at radius 1 is 1.41 bits per heavy atom.